The number of ether oxygens (including phenoxy) is 1. The number of nitrogens with one attached hydrogen (secondary N) is 1. The lowest BCUT2D eigenvalue weighted by atomic mass is 9.85. The molecule has 33 heavy (non-hydrogen) atoms. The van der Waals surface area contributed by atoms with Crippen molar-refractivity contribution in [2.24, 2.45) is 23.7 Å². The minimum Gasteiger partial charge on any atom is -0.452 e. The van der Waals surface area contributed by atoms with E-state index in [9.17, 15) is 19.2 Å². The van der Waals surface area contributed by atoms with Gasteiger partial charge in [-0.15, -0.1) is 0 Å². The Bertz CT molecular complexity index is 1180. The van der Waals surface area contributed by atoms with Crippen LogP contribution in [0.2, 0.25) is 10.0 Å². The predicted molar refractivity (Wildman–Crippen MR) is 122 cm³/mol. The van der Waals surface area contributed by atoms with E-state index in [-0.39, 0.29) is 41.0 Å². The summed E-state index contributed by atoms with van der Waals surface area (Å²) in [7, 11) is 0. The molecule has 168 valence electrons. The highest BCUT2D eigenvalue weighted by atomic mass is 35.5. The van der Waals surface area contributed by atoms with E-state index in [0.717, 1.165) is 6.42 Å². The zero-order valence-electron chi connectivity index (χ0n) is 17.2. The van der Waals surface area contributed by atoms with Gasteiger partial charge in [0, 0.05) is 5.02 Å². The van der Waals surface area contributed by atoms with Crippen LogP contribution in [-0.2, 0) is 19.1 Å². The first-order valence-electron chi connectivity index (χ1n) is 10.4. The van der Waals surface area contributed by atoms with E-state index in [4.69, 9.17) is 27.9 Å². The van der Waals surface area contributed by atoms with Gasteiger partial charge in [-0.3, -0.25) is 19.3 Å². The van der Waals surface area contributed by atoms with E-state index in [0.29, 0.717) is 21.4 Å². The summed E-state index contributed by atoms with van der Waals surface area (Å²) in [4.78, 5) is 51.4. The first kappa shape index (κ1) is 21.7. The van der Waals surface area contributed by atoms with Crippen LogP contribution in [0.15, 0.2) is 54.6 Å². The van der Waals surface area contributed by atoms with Gasteiger partial charge in [0.25, 0.3) is 5.91 Å². The van der Waals surface area contributed by atoms with E-state index in [1.807, 2.05) is 12.2 Å². The van der Waals surface area contributed by atoms with Crippen LogP contribution in [0.3, 0.4) is 0 Å². The number of imide groups is 1. The summed E-state index contributed by atoms with van der Waals surface area (Å²) in [6, 6.07) is 10.6. The molecule has 4 atom stereocenters. The molecule has 1 saturated carbocycles. The smallest absolute Gasteiger partial charge is 0.338 e. The summed E-state index contributed by atoms with van der Waals surface area (Å²) in [5.41, 5.74) is 0.917. The topological polar surface area (TPSA) is 92.8 Å². The molecular formula is C24H18Cl2N2O5. The number of fused-ring (bicyclic) bond motifs is 5. The molecule has 0 unspecified atom stereocenters. The molecule has 7 nitrogen and oxygen atoms in total. The lowest BCUT2D eigenvalue weighted by Crippen LogP contribution is -2.32. The van der Waals surface area contributed by atoms with Gasteiger partial charge >= 0.3 is 5.97 Å². The molecule has 3 amide bonds. The van der Waals surface area contributed by atoms with Crippen molar-refractivity contribution in [3.8, 4) is 0 Å². The molecule has 2 aromatic carbocycles. The molecule has 1 heterocycles. The predicted octanol–water partition coefficient (Wildman–Crippen LogP) is 4.10. The molecule has 0 spiro atoms. The number of carbonyl (C=O) groups is 4. The third-order valence-electron chi connectivity index (χ3n) is 6.37. The lowest BCUT2D eigenvalue weighted by Gasteiger charge is -2.17. The summed E-state index contributed by atoms with van der Waals surface area (Å²) in [6.45, 7) is -0.522. The molecule has 1 N–H and O–H groups in total. The van der Waals surface area contributed by atoms with E-state index < -0.39 is 18.5 Å². The number of rotatable bonds is 5. The van der Waals surface area contributed by atoms with Gasteiger partial charge in [0.05, 0.1) is 33.8 Å². The normalized spacial score (nSPS) is 24.8. The van der Waals surface area contributed by atoms with Gasteiger partial charge in [-0.25, -0.2) is 4.79 Å². The summed E-state index contributed by atoms with van der Waals surface area (Å²) in [6.07, 6.45) is 4.94. The minimum atomic E-state index is -0.716. The second-order valence-electron chi connectivity index (χ2n) is 8.31. The number of nitrogens with zero attached hydrogens (tertiary/aromatic N) is 1. The van der Waals surface area contributed by atoms with Gasteiger partial charge in [-0.1, -0.05) is 35.4 Å². The van der Waals surface area contributed by atoms with E-state index in [1.165, 1.54) is 41.3 Å². The number of hydrogen-bond acceptors (Lipinski definition) is 5. The molecular weight excluding hydrogens is 467 g/mol. The van der Waals surface area contributed by atoms with Crippen molar-refractivity contribution in [3.63, 3.8) is 0 Å². The van der Waals surface area contributed by atoms with Crippen LogP contribution in [0, 0.1) is 23.7 Å². The molecule has 2 aliphatic carbocycles. The number of hydrogen-bond donors (Lipinski definition) is 1. The van der Waals surface area contributed by atoms with Gasteiger partial charge in [0.2, 0.25) is 11.8 Å². The first-order valence-corrected chi connectivity index (χ1v) is 11.2. The average Bonchev–Trinajstić information content (AvgIpc) is 3.48. The fraction of sp³-hybridized carbons (Fsp3) is 0.250. The summed E-state index contributed by atoms with van der Waals surface area (Å²) in [5.74, 6) is -1.99. The van der Waals surface area contributed by atoms with Crippen molar-refractivity contribution >= 4 is 58.3 Å². The molecule has 0 radical (unpaired) electrons. The standard InChI is InChI=1S/C24H18Cl2N2O5/c25-15-5-8-17(26)18(10-15)27-19(29)11-33-24(32)12-3-6-16(7-4-12)28-22(30)20-13-1-2-14(9-13)21(20)23(28)31/h1-8,10,13-14,20-21H,9,11H2,(H,27,29)/t13-,14-,20-,21+/m0/s1. The highest BCUT2D eigenvalue weighted by Gasteiger charge is 2.59. The highest BCUT2D eigenvalue weighted by molar-refractivity contribution is 6.35. The Morgan fingerprint density at radius 1 is 0.970 bits per heavy atom. The van der Waals surface area contributed by atoms with Crippen LogP contribution < -0.4 is 10.2 Å². The number of halogens is 2. The van der Waals surface area contributed by atoms with Crippen molar-refractivity contribution in [2.75, 3.05) is 16.8 Å². The Kier molecular flexibility index (Phi) is 5.46. The number of esters is 1. The fourth-order valence-electron chi connectivity index (χ4n) is 4.90. The number of anilines is 2. The van der Waals surface area contributed by atoms with Gasteiger partial charge in [0.1, 0.15) is 0 Å². The Morgan fingerprint density at radius 2 is 1.61 bits per heavy atom. The largest absolute Gasteiger partial charge is 0.452 e. The first-order chi connectivity index (χ1) is 15.8. The quantitative estimate of drug-likeness (QED) is 0.391. The zero-order chi connectivity index (χ0) is 23.3. The lowest BCUT2D eigenvalue weighted by molar-refractivity contribution is -0.123. The highest BCUT2D eigenvalue weighted by Crippen LogP contribution is 2.53. The number of carbonyl (C=O) groups excluding carboxylic acids is 4. The van der Waals surface area contributed by atoms with Crippen molar-refractivity contribution in [1.82, 2.24) is 0 Å². The van der Waals surface area contributed by atoms with Crippen molar-refractivity contribution in [3.05, 3.63) is 70.2 Å². The zero-order valence-corrected chi connectivity index (χ0v) is 18.7. The van der Waals surface area contributed by atoms with Gasteiger partial charge in [-0.2, -0.15) is 0 Å². The monoisotopic (exact) mass is 484 g/mol. The second kappa shape index (κ2) is 8.32. The van der Waals surface area contributed by atoms with Crippen LogP contribution in [0.1, 0.15) is 16.8 Å². The average molecular weight is 485 g/mol. The Hall–Kier alpha value is -3.16. The maximum atomic E-state index is 12.9. The van der Waals surface area contributed by atoms with Crippen LogP contribution in [0.5, 0.6) is 0 Å². The van der Waals surface area contributed by atoms with E-state index in [2.05, 4.69) is 5.32 Å². The van der Waals surface area contributed by atoms with Gasteiger partial charge in [0.15, 0.2) is 6.61 Å². The molecule has 2 aromatic rings. The van der Waals surface area contributed by atoms with Gasteiger partial charge < -0.3 is 10.1 Å². The summed E-state index contributed by atoms with van der Waals surface area (Å²) in [5, 5.41) is 3.22. The Balaban J connectivity index is 1.21. The molecule has 9 heteroatoms. The molecule has 1 aliphatic heterocycles. The molecule has 1 saturated heterocycles. The van der Waals surface area contributed by atoms with Crippen LogP contribution in [0.4, 0.5) is 11.4 Å². The number of allylic oxidation sites excluding steroid dienone is 2. The summed E-state index contributed by atoms with van der Waals surface area (Å²) >= 11 is 11.9. The minimum absolute atomic E-state index is 0.128. The number of benzene rings is 2. The van der Waals surface area contributed by atoms with Crippen LogP contribution in [-0.4, -0.2) is 30.3 Å². The van der Waals surface area contributed by atoms with Crippen LogP contribution in [0.25, 0.3) is 0 Å². The van der Waals surface area contributed by atoms with E-state index >= 15 is 0 Å². The Labute approximate surface area is 199 Å². The molecule has 2 fully saturated rings. The van der Waals surface area contributed by atoms with Crippen molar-refractivity contribution in [1.29, 1.82) is 0 Å². The molecule has 3 aliphatic rings. The maximum Gasteiger partial charge on any atom is 0.338 e. The van der Waals surface area contributed by atoms with E-state index in [1.54, 1.807) is 6.07 Å². The van der Waals surface area contributed by atoms with Crippen molar-refractivity contribution < 1.29 is 23.9 Å². The van der Waals surface area contributed by atoms with Crippen LogP contribution >= 0.6 is 23.2 Å². The third-order valence-corrected chi connectivity index (χ3v) is 6.93. The number of amides is 3. The second-order valence-corrected chi connectivity index (χ2v) is 9.15. The molecule has 5 rings (SSSR count). The third kappa shape index (κ3) is 3.81. The fourth-order valence-corrected chi connectivity index (χ4v) is 5.23. The van der Waals surface area contributed by atoms with Gasteiger partial charge in [-0.05, 0) is 60.7 Å². The molecule has 0 aromatic heterocycles. The van der Waals surface area contributed by atoms with Crippen molar-refractivity contribution in [2.45, 2.75) is 6.42 Å². The Morgan fingerprint density at radius 3 is 2.24 bits per heavy atom. The maximum absolute atomic E-state index is 12.9. The SMILES string of the molecule is O=C(COC(=O)c1ccc(N2C(=O)[C@@H]3[C@H](C2=O)[C@H]2C=C[C@H]3C2)cc1)Nc1cc(Cl)ccc1Cl. The molecule has 2 bridgehead atoms. The summed E-state index contributed by atoms with van der Waals surface area (Å²) < 4.78 is 5.05.